The number of nitrogens with zero attached hydrogens (tertiary/aromatic N) is 3. The summed E-state index contributed by atoms with van der Waals surface area (Å²) in [4.78, 5) is 30.2. The molecule has 2 rings (SSSR count). The van der Waals surface area contributed by atoms with Crippen molar-refractivity contribution in [2.24, 2.45) is 0 Å². The van der Waals surface area contributed by atoms with Crippen LogP contribution >= 0.6 is 0 Å². The molecule has 0 bridgehead atoms. The van der Waals surface area contributed by atoms with Gasteiger partial charge in [0.15, 0.2) is 0 Å². The molecule has 0 aromatic carbocycles. The molecule has 1 N–H and O–H groups in total. The molecule has 0 spiro atoms. The van der Waals surface area contributed by atoms with Gasteiger partial charge in [-0.15, -0.1) is 0 Å². The van der Waals surface area contributed by atoms with Crippen molar-refractivity contribution in [2.45, 2.75) is 25.8 Å². The van der Waals surface area contributed by atoms with Gasteiger partial charge in [-0.3, -0.25) is 14.5 Å². The van der Waals surface area contributed by atoms with Crippen LogP contribution in [0.25, 0.3) is 0 Å². The van der Waals surface area contributed by atoms with E-state index in [9.17, 15) is 9.59 Å². The maximum Gasteiger partial charge on any atom is 0.239 e. The minimum absolute atomic E-state index is 0.0605. The Hall–Kier alpha value is -1.14. The average molecular weight is 282 g/mol. The summed E-state index contributed by atoms with van der Waals surface area (Å²) >= 11 is 0. The fourth-order valence-electron chi connectivity index (χ4n) is 2.98. The lowest BCUT2D eigenvalue weighted by Crippen LogP contribution is -2.56. The lowest BCUT2D eigenvalue weighted by atomic mass is 10.2. The smallest absolute Gasteiger partial charge is 0.239 e. The fraction of sp³-hybridized carbons (Fsp3) is 0.857. The molecule has 2 amide bonds. The highest BCUT2D eigenvalue weighted by Crippen LogP contribution is 2.13. The van der Waals surface area contributed by atoms with Crippen LogP contribution in [0.15, 0.2) is 0 Å². The second-order valence-corrected chi connectivity index (χ2v) is 5.66. The second-order valence-electron chi connectivity index (χ2n) is 5.66. The minimum atomic E-state index is -0.0605. The molecular formula is C14H26N4O2. The summed E-state index contributed by atoms with van der Waals surface area (Å²) in [5.41, 5.74) is 0. The van der Waals surface area contributed by atoms with Gasteiger partial charge >= 0.3 is 0 Å². The third-order valence-electron chi connectivity index (χ3n) is 4.32. The zero-order chi connectivity index (χ0) is 14.5. The summed E-state index contributed by atoms with van der Waals surface area (Å²) in [6, 6.07) is -0.0605. The summed E-state index contributed by atoms with van der Waals surface area (Å²) in [6.45, 7) is 7.21. The highest BCUT2D eigenvalue weighted by molar-refractivity contribution is 5.82. The van der Waals surface area contributed by atoms with Crippen molar-refractivity contribution in [3.05, 3.63) is 0 Å². The Bertz CT molecular complexity index is 347. The standard InChI is InChI=1S/C14H26N4O2/c1-12(14(20)18-5-3-4-6-18)16-7-9-17(10-8-16)13(19)11-15-2/h12,15H,3-11H2,1-2H3. The molecule has 0 aromatic heterocycles. The number of nitrogens with one attached hydrogen (secondary N) is 1. The van der Waals surface area contributed by atoms with E-state index >= 15 is 0 Å². The summed E-state index contributed by atoms with van der Waals surface area (Å²) < 4.78 is 0. The van der Waals surface area contributed by atoms with Crippen LogP contribution in [0.1, 0.15) is 19.8 Å². The van der Waals surface area contributed by atoms with Crippen molar-refractivity contribution < 1.29 is 9.59 Å². The van der Waals surface area contributed by atoms with Crippen molar-refractivity contribution in [1.82, 2.24) is 20.0 Å². The maximum atomic E-state index is 12.4. The molecule has 0 radical (unpaired) electrons. The molecule has 6 nitrogen and oxygen atoms in total. The highest BCUT2D eigenvalue weighted by atomic mass is 16.2. The van der Waals surface area contributed by atoms with E-state index in [1.165, 1.54) is 0 Å². The molecule has 2 aliphatic rings. The Morgan fingerprint density at radius 1 is 1.00 bits per heavy atom. The number of likely N-dealkylation sites (N-methyl/N-ethyl adjacent to an activating group) is 1. The van der Waals surface area contributed by atoms with Gasteiger partial charge in [-0.2, -0.15) is 0 Å². The number of carbonyl (C=O) groups is 2. The molecule has 0 aliphatic carbocycles. The quantitative estimate of drug-likeness (QED) is 0.745. The van der Waals surface area contributed by atoms with Gasteiger partial charge in [0.25, 0.3) is 0 Å². The van der Waals surface area contributed by atoms with Gasteiger partial charge in [0.1, 0.15) is 0 Å². The largest absolute Gasteiger partial charge is 0.341 e. The van der Waals surface area contributed by atoms with Gasteiger partial charge in [-0.1, -0.05) is 0 Å². The van der Waals surface area contributed by atoms with Crippen molar-refractivity contribution in [3.8, 4) is 0 Å². The van der Waals surface area contributed by atoms with Crippen molar-refractivity contribution >= 4 is 11.8 Å². The van der Waals surface area contributed by atoms with Gasteiger partial charge in [0.05, 0.1) is 12.6 Å². The fourth-order valence-corrected chi connectivity index (χ4v) is 2.98. The number of piperazine rings is 1. The molecule has 6 heteroatoms. The van der Waals surface area contributed by atoms with Gasteiger partial charge in [0, 0.05) is 39.3 Å². The predicted octanol–water partition coefficient (Wildman–Crippen LogP) is -0.639. The number of carbonyl (C=O) groups excluding carboxylic acids is 2. The molecule has 2 heterocycles. The number of hydrogen-bond acceptors (Lipinski definition) is 4. The highest BCUT2D eigenvalue weighted by Gasteiger charge is 2.30. The third kappa shape index (κ3) is 3.49. The first-order valence-electron chi connectivity index (χ1n) is 7.58. The average Bonchev–Trinajstić information content (AvgIpc) is 3.00. The molecule has 20 heavy (non-hydrogen) atoms. The van der Waals surface area contributed by atoms with E-state index in [0.29, 0.717) is 6.54 Å². The minimum Gasteiger partial charge on any atom is -0.341 e. The van der Waals surface area contributed by atoms with Gasteiger partial charge in [0.2, 0.25) is 11.8 Å². The number of rotatable bonds is 4. The lowest BCUT2D eigenvalue weighted by Gasteiger charge is -2.38. The zero-order valence-corrected chi connectivity index (χ0v) is 12.6. The molecular weight excluding hydrogens is 256 g/mol. The van der Waals surface area contributed by atoms with E-state index in [-0.39, 0.29) is 17.9 Å². The Kier molecular flexibility index (Phi) is 5.37. The van der Waals surface area contributed by atoms with Crippen molar-refractivity contribution in [3.63, 3.8) is 0 Å². The van der Waals surface area contributed by atoms with E-state index in [4.69, 9.17) is 0 Å². The third-order valence-corrected chi connectivity index (χ3v) is 4.32. The van der Waals surface area contributed by atoms with Crippen LogP contribution in [0.5, 0.6) is 0 Å². The molecule has 1 atom stereocenters. The summed E-state index contributed by atoms with van der Waals surface area (Å²) in [7, 11) is 1.78. The number of likely N-dealkylation sites (tertiary alicyclic amines) is 1. The first kappa shape index (κ1) is 15.3. The Morgan fingerprint density at radius 2 is 1.60 bits per heavy atom. The van der Waals surface area contributed by atoms with Gasteiger partial charge in [-0.25, -0.2) is 0 Å². The van der Waals surface area contributed by atoms with Crippen molar-refractivity contribution in [2.75, 3.05) is 52.9 Å². The molecule has 2 saturated heterocycles. The van der Waals surface area contributed by atoms with E-state index in [1.54, 1.807) is 7.05 Å². The first-order chi connectivity index (χ1) is 9.63. The van der Waals surface area contributed by atoms with E-state index < -0.39 is 0 Å². The molecule has 2 fully saturated rings. The first-order valence-corrected chi connectivity index (χ1v) is 7.58. The Morgan fingerprint density at radius 3 is 2.15 bits per heavy atom. The van der Waals surface area contributed by atoms with Crippen LogP contribution in [-0.2, 0) is 9.59 Å². The molecule has 0 aromatic rings. The van der Waals surface area contributed by atoms with Gasteiger partial charge in [-0.05, 0) is 26.8 Å². The van der Waals surface area contributed by atoms with E-state index in [0.717, 1.165) is 52.1 Å². The predicted molar refractivity (Wildman–Crippen MR) is 77.4 cm³/mol. The van der Waals surface area contributed by atoms with Crippen LogP contribution < -0.4 is 5.32 Å². The number of amides is 2. The Labute approximate surface area is 121 Å². The van der Waals surface area contributed by atoms with Crippen molar-refractivity contribution in [1.29, 1.82) is 0 Å². The Balaban J connectivity index is 1.80. The van der Waals surface area contributed by atoms with Crippen LogP contribution in [0.4, 0.5) is 0 Å². The van der Waals surface area contributed by atoms with Crippen LogP contribution in [0, 0.1) is 0 Å². The van der Waals surface area contributed by atoms with E-state index in [1.807, 2.05) is 16.7 Å². The molecule has 2 aliphatic heterocycles. The molecule has 0 saturated carbocycles. The molecule has 1 unspecified atom stereocenters. The van der Waals surface area contributed by atoms with Crippen LogP contribution in [0.3, 0.4) is 0 Å². The normalized spacial score (nSPS) is 22.1. The van der Waals surface area contributed by atoms with Crippen LogP contribution in [-0.4, -0.2) is 85.4 Å². The lowest BCUT2D eigenvalue weighted by molar-refractivity contribution is -0.137. The maximum absolute atomic E-state index is 12.4. The second kappa shape index (κ2) is 7.04. The van der Waals surface area contributed by atoms with Gasteiger partial charge < -0.3 is 15.1 Å². The zero-order valence-electron chi connectivity index (χ0n) is 12.6. The monoisotopic (exact) mass is 282 g/mol. The SMILES string of the molecule is CNCC(=O)N1CCN(C(C)C(=O)N2CCCC2)CC1. The molecule has 114 valence electrons. The topological polar surface area (TPSA) is 55.9 Å². The van der Waals surface area contributed by atoms with Crippen LogP contribution in [0.2, 0.25) is 0 Å². The van der Waals surface area contributed by atoms with E-state index in [2.05, 4.69) is 10.2 Å². The summed E-state index contributed by atoms with van der Waals surface area (Å²) in [5, 5.41) is 2.89. The number of hydrogen-bond donors (Lipinski definition) is 1. The summed E-state index contributed by atoms with van der Waals surface area (Å²) in [5.74, 6) is 0.392. The summed E-state index contributed by atoms with van der Waals surface area (Å²) in [6.07, 6.45) is 2.26.